The number of hydrogen-bond acceptors (Lipinski definition) is 5. The number of para-hydroxylation sites is 1. The third-order valence-corrected chi connectivity index (χ3v) is 5.62. The van der Waals surface area contributed by atoms with E-state index in [-0.39, 0.29) is 23.4 Å². The van der Waals surface area contributed by atoms with Crippen molar-refractivity contribution in [2.75, 3.05) is 5.32 Å². The quantitative estimate of drug-likeness (QED) is 0.320. The summed E-state index contributed by atoms with van der Waals surface area (Å²) in [6.07, 6.45) is 2.30. The molecule has 0 radical (unpaired) electrons. The molecule has 0 saturated heterocycles. The summed E-state index contributed by atoms with van der Waals surface area (Å²) in [4.78, 5) is 26.1. The molecule has 8 heteroatoms. The minimum absolute atomic E-state index is 0.0526. The molecule has 1 heterocycles. The van der Waals surface area contributed by atoms with Crippen LogP contribution in [0, 0.1) is 0 Å². The fourth-order valence-electron chi connectivity index (χ4n) is 3.31. The number of rotatable bonds is 8. The largest absolute Gasteiger partial charge is 0.453 e. The fourth-order valence-corrected chi connectivity index (χ4v) is 3.43. The summed E-state index contributed by atoms with van der Waals surface area (Å²) in [5.74, 6) is 0.550. The number of anilines is 2. The number of ether oxygens (including phenoxy) is 1. The van der Waals surface area contributed by atoms with Crippen molar-refractivity contribution in [3.8, 4) is 17.2 Å². The molecule has 0 aliphatic carbocycles. The summed E-state index contributed by atoms with van der Waals surface area (Å²) in [6.45, 7) is 3.95. The standard InChI is InChI=1S/C27H25ClN4O3/c1-3-18(2)30-26(33)19-8-7-9-21(16-19)31-25-24(35-23-14-12-20(28)13-15-23)17-29-32(27(25)34)22-10-5-4-6-11-22/h4-18,31H,3H2,1-2H3,(H,30,33). The maximum atomic E-state index is 13.5. The van der Waals surface area contributed by atoms with Crippen molar-refractivity contribution >= 4 is 28.9 Å². The Kier molecular flexibility index (Phi) is 7.48. The number of benzene rings is 3. The van der Waals surface area contributed by atoms with E-state index in [1.165, 1.54) is 10.9 Å². The van der Waals surface area contributed by atoms with Crippen molar-refractivity contribution in [2.45, 2.75) is 26.3 Å². The van der Waals surface area contributed by atoms with Gasteiger partial charge in [0.25, 0.3) is 11.5 Å². The summed E-state index contributed by atoms with van der Waals surface area (Å²) in [5.41, 5.74) is 1.43. The second-order valence-electron chi connectivity index (χ2n) is 7.98. The van der Waals surface area contributed by atoms with Gasteiger partial charge in [0, 0.05) is 22.3 Å². The lowest BCUT2D eigenvalue weighted by Gasteiger charge is -2.15. The zero-order valence-corrected chi connectivity index (χ0v) is 20.1. The van der Waals surface area contributed by atoms with Crippen molar-refractivity contribution in [2.24, 2.45) is 0 Å². The highest BCUT2D eigenvalue weighted by molar-refractivity contribution is 6.30. The molecule has 0 fully saturated rings. The molecule has 1 aromatic heterocycles. The fraction of sp³-hybridized carbons (Fsp3) is 0.148. The normalized spacial score (nSPS) is 11.5. The highest BCUT2D eigenvalue weighted by Gasteiger charge is 2.16. The maximum absolute atomic E-state index is 13.5. The lowest BCUT2D eigenvalue weighted by atomic mass is 10.1. The Balaban J connectivity index is 1.72. The second kappa shape index (κ2) is 10.9. The lowest BCUT2D eigenvalue weighted by molar-refractivity contribution is 0.0939. The molecule has 0 aliphatic heterocycles. The first-order valence-corrected chi connectivity index (χ1v) is 11.6. The number of hydrogen-bond donors (Lipinski definition) is 2. The SMILES string of the molecule is CCC(C)NC(=O)c1cccc(Nc2c(Oc3ccc(Cl)cc3)cnn(-c3ccccc3)c2=O)c1. The number of nitrogens with one attached hydrogen (secondary N) is 2. The Bertz CT molecular complexity index is 1370. The van der Waals surface area contributed by atoms with Crippen LogP contribution in [0.2, 0.25) is 5.02 Å². The van der Waals surface area contributed by atoms with E-state index in [9.17, 15) is 9.59 Å². The van der Waals surface area contributed by atoms with Crippen LogP contribution in [0.3, 0.4) is 0 Å². The van der Waals surface area contributed by atoms with Crippen molar-refractivity contribution in [1.29, 1.82) is 0 Å². The smallest absolute Gasteiger partial charge is 0.299 e. The number of halogens is 1. The molecule has 1 unspecified atom stereocenters. The number of aromatic nitrogens is 2. The first kappa shape index (κ1) is 24.0. The van der Waals surface area contributed by atoms with Gasteiger partial charge in [0.1, 0.15) is 5.75 Å². The van der Waals surface area contributed by atoms with E-state index >= 15 is 0 Å². The van der Waals surface area contributed by atoms with Gasteiger partial charge in [-0.15, -0.1) is 0 Å². The molecule has 0 bridgehead atoms. The summed E-state index contributed by atoms with van der Waals surface area (Å²) >= 11 is 5.98. The van der Waals surface area contributed by atoms with E-state index < -0.39 is 5.56 Å². The molecule has 7 nitrogen and oxygen atoms in total. The minimum Gasteiger partial charge on any atom is -0.453 e. The molecule has 4 aromatic rings. The van der Waals surface area contributed by atoms with Crippen LogP contribution in [0.15, 0.2) is 89.9 Å². The summed E-state index contributed by atoms with van der Waals surface area (Å²) < 4.78 is 7.27. The van der Waals surface area contributed by atoms with E-state index in [1.807, 2.05) is 32.0 Å². The molecule has 3 aromatic carbocycles. The molecule has 35 heavy (non-hydrogen) atoms. The molecule has 1 amide bonds. The van der Waals surface area contributed by atoms with Crippen LogP contribution >= 0.6 is 11.6 Å². The topological polar surface area (TPSA) is 85.2 Å². The number of carbonyl (C=O) groups excluding carboxylic acids is 1. The number of carbonyl (C=O) groups is 1. The Hall–Kier alpha value is -4.10. The summed E-state index contributed by atoms with van der Waals surface area (Å²) in [5, 5.41) is 11.0. The molecule has 178 valence electrons. The van der Waals surface area contributed by atoms with E-state index in [1.54, 1.807) is 60.7 Å². The van der Waals surface area contributed by atoms with Crippen LogP contribution < -0.4 is 20.9 Å². The first-order valence-electron chi connectivity index (χ1n) is 11.2. The third kappa shape index (κ3) is 5.88. The maximum Gasteiger partial charge on any atom is 0.299 e. The third-order valence-electron chi connectivity index (χ3n) is 5.37. The van der Waals surface area contributed by atoms with E-state index in [2.05, 4.69) is 15.7 Å². The predicted octanol–water partition coefficient (Wildman–Crippen LogP) is 5.95. The Labute approximate surface area is 208 Å². The van der Waals surface area contributed by atoms with Gasteiger partial charge in [-0.05, 0) is 67.9 Å². The molecule has 0 saturated carbocycles. The van der Waals surface area contributed by atoms with Gasteiger partial charge in [-0.2, -0.15) is 9.78 Å². The van der Waals surface area contributed by atoms with Crippen LogP contribution in [-0.2, 0) is 0 Å². The van der Waals surface area contributed by atoms with Gasteiger partial charge in [0.2, 0.25) is 0 Å². The Morgan fingerprint density at radius 1 is 1.06 bits per heavy atom. The first-order chi connectivity index (χ1) is 16.9. The molecule has 0 aliphatic rings. The molecule has 2 N–H and O–H groups in total. The summed E-state index contributed by atoms with van der Waals surface area (Å²) in [7, 11) is 0. The van der Waals surface area contributed by atoms with Gasteiger partial charge in [-0.25, -0.2) is 0 Å². The van der Waals surface area contributed by atoms with Crippen LogP contribution in [0.4, 0.5) is 11.4 Å². The monoisotopic (exact) mass is 488 g/mol. The van der Waals surface area contributed by atoms with Gasteiger partial charge < -0.3 is 15.4 Å². The van der Waals surface area contributed by atoms with Crippen molar-refractivity contribution in [3.05, 3.63) is 106 Å². The highest BCUT2D eigenvalue weighted by atomic mass is 35.5. The van der Waals surface area contributed by atoms with Gasteiger partial charge >= 0.3 is 0 Å². The Morgan fingerprint density at radius 3 is 2.51 bits per heavy atom. The molecule has 1 atom stereocenters. The number of amides is 1. The van der Waals surface area contributed by atoms with Crippen LogP contribution in [-0.4, -0.2) is 21.7 Å². The van der Waals surface area contributed by atoms with Crippen molar-refractivity contribution in [3.63, 3.8) is 0 Å². The van der Waals surface area contributed by atoms with E-state index in [4.69, 9.17) is 16.3 Å². The van der Waals surface area contributed by atoms with Crippen LogP contribution in [0.1, 0.15) is 30.6 Å². The van der Waals surface area contributed by atoms with Crippen molar-refractivity contribution in [1.82, 2.24) is 15.1 Å². The molecule has 4 rings (SSSR count). The molecular weight excluding hydrogens is 464 g/mol. The van der Waals surface area contributed by atoms with Crippen LogP contribution in [0.25, 0.3) is 5.69 Å². The molecular formula is C27H25ClN4O3. The average Bonchev–Trinajstić information content (AvgIpc) is 2.88. The Morgan fingerprint density at radius 2 is 1.80 bits per heavy atom. The summed E-state index contributed by atoms with van der Waals surface area (Å²) in [6, 6.07) is 22.9. The van der Waals surface area contributed by atoms with Gasteiger partial charge in [-0.3, -0.25) is 9.59 Å². The highest BCUT2D eigenvalue weighted by Crippen LogP contribution is 2.29. The molecule has 0 spiro atoms. The number of nitrogens with zero attached hydrogens (tertiary/aromatic N) is 2. The van der Waals surface area contributed by atoms with Gasteiger partial charge in [0.05, 0.1) is 11.9 Å². The zero-order valence-electron chi connectivity index (χ0n) is 19.4. The minimum atomic E-state index is -0.405. The van der Waals surface area contributed by atoms with E-state index in [0.29, 0.717) is 27.7 Å². The zero-order chi connectivity index (χ0) is 24.8. The lowest BCUT2D eigenvalue weighted by Crippen LogP contribution is -2.31. The van der Waals surface area contributed by atoms with Gasteiger partial charge in [-0.1, -0.05) is 42.8 Å². The van der Waals surface area contributed by atoms with Gasteiger partial charge in [0.15, 0.2) is 11.4 Å². The second-order valence-corrected chi connectivity index (χ2v) is 8.42. The predicted molar refractivity (Wildman–Crippen MR) is 138 cm³/mol. The van der Waals surface area contributed by atoms with Crippen LogP contribution in [0.5, 0.6) is 11.5 Å². The van der Waals surface area contributed by atoms with E-state index in [0.717, 1.165) is 6.42 Å². The average molecular weight is 489 g/mol. The van der Waals surface area contributed by atoms with Crippen molar-refractivity contribution < 1.29 is 9.53 Å².